The zero-order chi connectivity index (χ0) is 17.8. The molecule has 1 aliphatic carbocycles. The number of nitrogens with zero attached hydrogens (tertiary/aromatic N) is 6. The van der Waals surface area contributed by atoms with Crippen molar-refractivity contribution in [3.05, 3.63) is 24.4 Å². The fourth-order valence-electron chi connectivity index (χ4n) is 3.77. The van der Waals surface area contributed by atoms with Gasteiger partial charge in [0.25, 0.3) is 0 Å². The Morgan fingerprint density at radius 1 is 1.08 bits per heavy atom. The summed E-state index contributed by atoms with van der Waals surface area (Å²) in [4.78, 5) is 11.7. The molecular formula is C18H27N7O. The Balaban J connectivity index is 1.41. The lowest BCUT2D eigenvalue weighted by Crippen LogP contribution is -2.37. The maximum absolute atomic E-state index is 5.45. The van der Waals surface area contributed by atoms with Gasteiger partial charge in [0.1, 0.15) is 18.5 Å². The number of morpholine rings is 1. The number of hydrogen-bond donors (Lipinski definition) is 1. The van der Waals surface area contributed by atoms with Gasteiger partial charge in [0.15, 0.2) is 0 Å². The molecule has 2 fully saturated rings. The van der Waals surface area contributed by atoms with Gasteiger partial charge < -0.3 is 19.5 Å². The van der Waals surface area contributed by atoms with E-state index >= 15 is 0 Å². The van der Waals surface area contributed by atoms with E-state index in [1.165, 1.54) is 0 Å². The molecule has 0 aromatic carbocycles. The van der Waals surface area contributed by atoms with Crippen LogP contribution in [0.4, 0.5) is 11.8 Å². The summed E-state index contributed by atoms with van der Waals surface area (Å²) in [6.07, 6.45) is 9.09. The van der Waals surface area contributed by atoms with Crippen molar-refractivity contribution in [2.45, 2.75) is 51.1 Å². The van der Waals surface area contributed by atoms with E-state index in [1.807, 2.05) is 12.7 Å². The summed E-state index contributed by atoms with van der Waals surface area (Å²) in [5, 5.41) is 11.5. The zero-order valence-electron chi connectivity index (χ0n) is 15.3. The quantitative estimate of drug-likeness (QED) is 0.877. The molecule has 8 heteroatoms. The Bertz CT molecular complexity index is 692. The molecule has 26 heavy (non-hydrogen) atoms. The van der Waals surface area contributed by atoms with E-state index in [1.54, 1.807) is 0 Å². The minimum absolute atomic E-state index is 0.458. The highest BCUT2D eigenvalue weighted by Gasteiger charge is 2.23. The fourth-order valence-corrected chi connectivity index (χ4v) is 3.77. The van der Waals surface area contributed by atoms with Gasteiger partial charge in [0.05, 0.1) is 13.2 Å². The van der Waals surface area contributed by atoms with Gasteiger partial charge in [-0.25, -0.2) is 4.98 Å². The largest absolute Gasteiger partial charge is 0.378 e. The standard InChI is InChI=1S/C18H27N7O/c1-2-14-11-17(23-18(22-14)24-7-9-26-10-8-24)21-15-3-5-16(6-4-15)25-12-19-20-13-25/h11-13,15-16H,2-10H2,1H3,(H,21,22,23). The minimum Gasteiger partial charge on any atom is -0.378 e. The molecule has 0 atom stereocenters. The maximum Gasteiger partial charge on any atom is 0.227 e. The number of aromatic nitrogens is 5. The van der Waals surface area contributed by atoms with Gasteiger partial charge in [-0.3, -0.25) is 0 Å². The molecule has 8 nitrogen and oxygen atoms in total. The summed E-state index contributed by atoms with van der Waals surface area (Å²) in [5.41, 5.74) is 1.09. The second kappa shape index (κ2) is 7.99. The Morgan fingerprint density at radius 2 is 1.81 bits per heavy atom. The molecule has 140 valence electrons. The molecule has 2 aromatic heterocycles. The molecule has 0 radical (unpaired) electrons. The summed E-state index contributed by atoms with van der Waals surface area (Å²) in [7, 11) is 0. The van der Waals surface area contributed by atoms with Crippen LogP contribution in [-0.4, -0.2) is 57.1 Å². The molecule has 0 unspecified atom stereocenters. The molecule has 2 aliphatic rings. The average molecular weight is 357 g/mol. The summed E-state index contributed by atoms with van der Waals surface area (Å²) in [5.74, 6) is 1.78. The van der Waals surface area contributed by atoms with E-state index < -0.39 is 0 Å². The average Bonchev–Trinajstić information content (AvgIpc) is 3.24. The zero-order valence-corrected chi connectivity index (χ0v) is 15.3. The van der Waals surface area contributed by atoms with Crippen LogP contribution in [0.3, 0.4) is 0 Å². The summed E-state index contributed by atoms with van der Waals surface area (Å²) in [6, 6.07) is 3.07. The molecule has 1 saturated heterocycles. The molecule has 0 spiro atoms. The Kier molecular flexibility index (Phi) is 5.29. The van der Waals surface area contributed by atoms with Gasteiger partial charge in [-0.1, -0.05) is 6.92 Å². The van der Waals surface area contributed by atoms with Crippen LogP contribution in [0.25, 0.3) is 0 Å². The highest BCUT2D eigenvalue weighted by molar-refractivity contribution is 5.45. The number of aryl methyl sites for hydroxylation is 1. The molecule has 1 aliphatic heterocycles. The van der Waals surface area contributed by atoms with Crippen LogP contribution < -0.4 is 10.2 Å². The smallest absolute Gasteiger partial charge is 0.227 e. The van der Waals surface area contributed by atoms with Crippen molar-refractivity contribution in [2.75, 3.05) is 36.5 Å². The van der Waals surface area contributed by atoms with E-state index in [-0.39, 0.29) is 0 Å². The van der Waals surface area contributed by atoms with Crippen molar-refractivity contribution in [2.24, 2.45) is 0 Å². The van der Waals surface area contributed by atoms with Crippen molar-refractivity contribution in [3.63, 3.8) is 0 Å². The van der Waals surface area contributed by atoms with E-state index in [9.17, 15) is 0 Å². The first kappa shape index (κ1) is 17.2. The first-order valence-corrected chi connectivity index (χ1v) is 9.63. The molecule has 3 heterocycles. The second-order valence-corrected chi connectivity index (χ2v) is 7.06. The lowest BCUT2D eigenvalue weighted by Gasteiger charge is -2.31. The third kappa shape index (κ3) is 3.95. The van der Waals surface area contributed by atoms with E-state index in [0.29, 0.717) is 12.1 Å². The lowest BCUT2D eigenvalue weighted by molar-refractivity contribution is 0.122. The highest BCUT2D eigenvalue weighted by atomic mass is 16.5. The van der Waals surface area contributed by atoms with Crippen molar-refractivity contribution in [1.29, 1.82) is 0 Å². The van der Waals surface area contributed by atoms with E-state index in [4.69, 9.17) is 14.7 Å². The van der Waals surface area contributed by atoms with Crippen LogP contribution in [0.2, 0.25) is 0 Å². The molecule has 1 saturated carbocycles. The minimum atomic E-state index is 0.458. The number of rotatable bonds is 5. The maximum atomic E-state index is 5.45. The third-order valence-corrected chi connectivity index (χ3v) is 5.33. The number of hydrogen-bond acceptors (Lipinski definition) is 7. The summed E-state index contributed by atoms with van der Waals surface area (Å²) >= 11 is 0. The van der Waals surface area contributed by atoms with Crippen molar-refractivity contribution >= 4 is 11.8 Å². The Labute approximate surface area is 154 Å². The fraction of sp³-hybridized carbons (Fsp3) is 0.667. The van der Waals surface area contributed by atoms with Gasteiger partial charge in [-0.05, 0) is 32.1 Å². The van der Waals surface area contributed by atoms with Gasteiger partial charge in [-0.15, -0.1) is 10.2 Å². The predicted molar refractivity (Wildman–Crippen MR) is 99.4 cm³/mol. The normalized spacial score (nSPS) is 23.8. The van der Waals surface area contributed by atoms with E-state index in [0.717, 1.165) is 75.9 Å². The van der Waals surface area contributed by atoms with Crippen molar-refractivity contribution in [3.8, 4) is 0 Å². The van der Waals surface area contributed by atoms with Crippen LogP contribution in [0, 0.1) is 0 Å². The first-order valence-electron chi connectivity index (χ1n) is 9.63. The summed E-state index contributed by atoms with van der Waals surface area (Å²) in [6.45, 7) is 5.35. The topological polar surface area (TPSA) is 81.0 Å². The van der Waals surface area contributed by atoms with Gasteiger partial charge in [-0.2, -0.15) is 4.98 Å². The summed E-state index contributed by atoms with van der Waals surface area (Å²) < 4.78 is 7.58. The Morgan fingerprint density at radius 3 is 2.50 bits per heavy atom. The van der Waals surface area contributed by atoms with E-state index in [2.05, 4.69) is 38.0 Å². The lowest BCUT2D eigenvalue weighted by atomic mass is 9.91. The number of ether oxygens (including phenoxy) is 1. The SMILES string of the molecule is CCc1cc(NC2CCC(n3cnnc3)CC2)nc(N2CCOCC2)n1. The van der Waals surface area contributed by atoms with Crippen LogP contribution in [0.1, 0.15) is 44.3 Å². The molecule has 0 bridgehead atoms. The molecule has 1 N–H and O–H groups in total. The van der Waals surface area contributed by atoms with Gasteiger partial charge >= 0.3 is 0 Å². The highest BCUT2D eigenvalue weighted by Crippen LogP contribution is 2.30. The van der Waals surface area contributed by atoms with Crippen molar-refractivity contribution in [1.82, 2.24) is 24.7 Å². The molecular weight excluding hydrogens is 330 g/mol. The van der Waals surface area contributed by atoms with Gasteiger partial charge in [0.2, 0.25) is 5.95 Å². The molecule has 0 amide bonds. The van der Waals surface area contributed by atoms with Gasteiger partial charge in [0, 0.05) is 36.9 Å². The van der Waals surface area contributed by atoms with Crippen LogP contribution in [-0.2, 0) is 11.2 Å². The Hall–Kier alpha value is -2.22. The number of anilines is 2. The van der Waals surface area contributed by atoms with Crippen LogP contribution in [0.15, 0.2) is 18.7 Å². The molecule has 2 aromatic rings. The van der Waals surface area contributed by atoms with Crippen LogP contribution in [0.5, 0.6) is 0 Å². The number of nitrogens with one attached hydrogen (secondary N) is 1. The predicted octanol–water partition coefficient (Wildman–Crippen LogP) is 2.06. The van der Waals surface area contributed by atoms with Crippen molar-refractivity contribution < 1.29 is 4.74 Å². The monoisotopic (exact) mass is 357 g/mol. The van der Waals surface area contributed by atoms with Crippen LogP contribution >= 0.6 is 0 Å². The first-order chi connectivity index (χ1) is 12.8. The molecule has 4 rings (SSSR count). The third-order valence-electron chi connectivity index (χ3n) is 5.33. The second-order valence-electron chi connectivity index (χ2n) is 7.06.